The Labute approximate surface area is 135 Å². The molecule has 0 saturated heterocycles. The van der Waals surface area contributed by atoms with Gasteiger partial charge in [0.05, 0.1) is 17.6 Å². The molecule has 0 atom stereocenters. The summed E-state index contributed by atoms with van der Waals surface area (Å²) in [5.74, 6) is 0.526. The molecular formula is C17H17NO4S. The average Bonchev–Trinajstić information content (AvgIpc) is 2.60. The molecule has 0 amide bonds. The van der Waals surface area contributed by atoms with Crippen LogP contribution in [0.4, 0.5) is 0 Å². The van der Waals surface area contributed by atoms with E-state index in [4.69, 9.17) is 4.74 Å². The zero-order valence-electron chi connectivity index (χ0n) is 12.7. The number of ether oxygens (including phenoxy) is 1. The zero-order chi connectivity index (χ0) is 16.4. The van der Waals surface area contributed by atoms with E-state index in [9.17, 15) is 13.2 Å². The Kier molecular flexibility index (Phi) is 4.19. The van der Waals surface area contributed by atoms with Gasteiger partial charge in [-0.3, -0.25) is 4.79 Å². The molecule has 1 aliphatic rings. The topological polar surface area (TPSA) is 63.7 Å². The Morgan fingerprint density at radius 1 is 1.13 bits per heavy atom. The van der Waals surface area contributed by atoms with Crippen molar-refractivity contribution in [1.82, 2.24) is 4.31 Å². The van der Waals surface area contributed by atoms with E-state index in [0.29, 0.717) is 24.3 Å². The number of benzene rings is 2. The summed E-state index contributed by atoms with van der Waals surface area (Å²) < 4.78 is 32.1. The number of fused-ring (bicyclic) bond motifs is 1. The third-order valence-electron chi connectivity index (χ3n) is 4.04. The highest BCUT2D eigenvalue weighted by Crippen LogP contribution is 2.29. The van der Waals surface area contributed by atoms with E-state index in [0.717, 1.165) is 17.4 Å². The number of sulfonamides is 1. The first-order chi connectivity index (χ1) is 11.1. The van der Waals surface area contributed by atoms with Gasteiger partial charge in [0, 0.05) is 13.1 Å². The number of carbonyl (C=O) groups is 1. The smallest absolute Gasteiger partial charge is 0.243 e. The van der Waals surface area contributed by atoms with E-state index in [1.807, 2.05) is 6.07 Å². The number of hydrogen-bond acceptors (Lipinski definition) is 4. The van der Waals surface area contributed by atoms with Crippen molar-refractivity contribution in [3.05, 3.63) is 59.2 Å². The standard InChI is InChI=1S/C17H17NO4S/c1-22-17-10-13-7-8-18(11-14(13)9-15(17)12-19)23(20,21)16-5-3-2-4-6-16/h2-6,9-10,12H,7-8,11H2,1H3. The van der Waals surface area contributed by atoms with Crippen molar-refractivity contribution in [2.75, 3.05) is 13.7 Å². The fourth-order valence-electron chi connectivity index (χ4n) is 2.80. The lowest BCUT2D eigenvalue weighted by atomic mass is 9.98. The number of rotatable bonds is 4. The summed E-state index contributed by atoms with van der Waals surface area (Å²) >= 11 is 0. The highest BCUT2D eigenvalue weighted by Gasteiger charge is 2.28. The van der Waals surface area contributed by atoms with E-state index < -0.39 is 10.0 Å². The second-order valence-corrected chi connectivity index (χ2v) is 7.32. The van der Waals surface area contributed by atoms with Gasteiger partial charge < -0.3 is 4.74 Å². The van der Waals surface area contributed by atoms with Crippen LogP contribution in [0.5, 0.6) is 5.75 Å². The summed E-state index contributed by atoms with van der Waals surface area (Å²) in [5.41, 5.74) is 2.30. The molecular weight excluding hydrogens is 314 g/mol. The molecule has 0 radical (unpaired) electrons. The summed E-state index contributed by atoms with van der Waals surface area (Å²) in [5, 5.41) is 0. The predicted octanol–water partition coefficient (Wildman–Crippen LogP) is 2.25. The van der Waals surface area contributed by atoms with Crippen LogP contribution in [0, 0.1) is 0 Å². The Morgan fingerprint density at radius 2 is 1.87 bits per heavy atom. The van der Waals surface area contributed by atoms with Crippen molar-refractivity contribution in [3.63, 3.8) is 0 Å². The molecule has 0 unspecified atom stereocenters. The van der Waals surface area contributed by atoms with E-state index in [-0.39, 0.29) is 11.4 Å². The van der Waals surface area contributed by atoms with Gasteiger partial charge >= 0.3 is 0 Å². The molecule has 0 N–H and O–H groups in total. The Hall–Kier alpha value is -2.18. The van der Waals surface area contributed by atoms with Crippen LogP contribution in [-0.4, -0.2) is 32.7 Å². The van der Waals surface area contributed by atoms with E-state index in [1.165, 1.54) is 11.4 Å². The van der Waals surface area contributed by atoms with Crippen molar-refractivity contribution >= 4 is 16.3 Å². The first-order valence-corrected chi connectivity index (χ1v) is 8.70. The maximum atomic E-state index is 12.7. The van der Waals surface area contributed by atoms with E-state index in [1.54, 1.807) is 36.4 Å². The molecule has 6 heteroatoms. The quantitative estimate of drug-likeness (QED) is 0.806. The van der Waals surface area contributed by atoms with Crippen molar-refractivity contribution in [2.24, 2.45) is 0 Å². The Morgan fingerprint density at radius 3 is 2.52 bits per heavy atom. The van der Waals surface area contributed by atoms with E-state index >= 15 is 0 Å². The van der Waals surface area contributed by atoms with Crippen LogP contribution in [0.2, 0.25) is 0 Å². The van der Waals surface area contributed by atoms with Crippen molar-refractivity contribution in [2.45, 2.75) is 17.9 Å². The monoisotopic (exact) mass is 331 g/mol. The van der Waals surface area contributed by atoms with Crippen LogP contribution in [0.1, 0.15) is 21.5 Å². The van der Waals surface area contributed by atoms with Crippen LogP contribution < -0.4 is 4.74 Å². The molecule has 0 saturated carbocycles. The molecule has 23 heavy (non-hydrogen) atoms. The lowest BCUT2D eigenvalue weighted by molar-refractivity contribution is 0.112. The molecule has 0 fully saturated rings. The average molecular weight is 331 g/mol. The summed E-state index contributed by atoms with van der Waals surface area (Å²) in [6, 6.07) is 11.9. The second-order valence-electron chi connectivity index (χ2n) is 5.38. The fourth-order valence-corrected chi connectivity index (χ4v) is 4.24. The molecule has 1 heterocycles. The predicted molar refractivity (Wildman–Crippen MR) is 86.1 cm³/mol. The second kappa shape index (κ2) is 6.14. The largest absolute Gasteiger partial charge is 0.496 e. The number of nitrogens with zero attached hydrogens (tertiary/aromatic N) is 1. The Balaban J connectivity index is 1.95. The van der Waals surface area contributed by atoms with Crippen LogP contribution in [-0.2, 0) is 23.0 Å². The summed E-state index contributed by atoms with van der Waals surface area (Å²) in [6.07, 6.45) is 1.32. The number of carbonyl (C=O) groups excluding carboxylic acids is 1. The highest BCUT2D eigenvalue weighted by atomic mass is 32.2. The van der Waals surface area contributed by atoms with Gasteiger partial charge in [-0.15, -0.1) is 0 Å². The first-order valence-electron chi connectivity index (χ1n) is 7.26. The van der Waals surface area contributed by atoms with Crippen molar-refractivity contribution in [1.29, 1.82) is 0 Å². The maximum absolute atomic E-state index is 12.7. The Bertz CT molecular complexity index is 831. The fraction of sp³-hybridized carbons (Fsp3) is 0.235. The molecule has 3 rings (SSSR count). The third-order valence-corrected chi connectivity index (χ3v) is 5.90. The van der Waals surface area contributed by atoms with Crippen LogP contribution in [0.25, 0.3) is 0 Å². The van der Waals surface area contributed by atoms with E-state index in [2.05, 4.69) is 0 Å². The molecule has 1 aliphatic heterocycles. The van der Waals surface area contributed by atoms with Crippen LogP contribution in [0.3, 0.4) is 0 Å². The summed E-state index contributed by atoms with van der Waals surface area (Å²) in [4.78, 5) is 11.4. The molecule has 0 bridgehead atoms. The first kappa shape index (κ1) is 15.7. The van der Waals surface area contributed by atoms with Crippen LogP contribution >= 0.6 is 0 Å². The molecule has 2 aromatic carbocycles. The molecule has 120 valence electrons. The minimum absolute atomic E-state index is 0.261. The maximum Gasteiger partial charge on any atom is 0.243 e. The normalized spacial score (nSPS) is 15.0. The van der Waals surface area contributed by atoms with Crippen LogP contribution in [0.15, 0.2) is 47.4 Å². The highest BCUT2D eigenvalue weighted by molar-refractivity contribution is 7.89. The van der Waals surface area contributed by atoms with Gasteiger partial charge in [-0.2, -0.15) is 4.31 Å². The number of aldehydes is 1. The lowest BCUT2D eigenvalue weighted by Gasteiger charge is -2.28. The molecule has 0 spiro atoms. The van der Waals surface area contributed by atoms with Gasteiger partial charge in [0.1, 0.15) is 5.75 Å². The molecule has 5 nitrogen and oxygen atoms in total. The van der Waals surface area contributed by atoms with Gasteiger partial charge in [0.25, 0.3) is 0 Å². The van der Waals surface area contributed by atoms with Gasteiger partial charge in [-0.1, -0.05) is 18.2 Å². The van der Waals surface area contributed by atoms with Gasteiger partial charge in [-0.05, 0) is 41.8 Å². The number of methoxy groups -OCH3 is 1. The van der Waals surface area contributed by atoms with Gasteiger partial charge in [-0.25, -0.2) is 8.42 Å². The lowest BCUT2D eigenvalue weighted by Crippen LogP contribution is -2.36. The molecule has 0 aromatic heterocycles. The van der Waals surface area contributed by atoms with Gasteiger partial charge in [0.15, 0.2) is 6.29 Å². The minimum atomic E-state index is -3.53. The zero-order valence-corrected chi connectivity index (χ0v) is 13.5. The SMILES string of the molecule is COc1cc2c(cc1C=O)CN(S(=O)(=O)c1ccccc1)CC2. The summed E-state index contributed by atoms with van der Waals surface area (Å²) in [6.45, 7) is 0.672. The van der Waals surface area contributed by atoms with Crippen molar-refractivity contribution < 1.29 is 17.9 Å². The number of hydrogen-bond donors (Lipinski definition) is 0. The molecule has 0 aliphatic carbocycles. The third kappa shape index (κ3) is 2.87. The summed E-state index contributed by atoms with van der Waals surface area (Å²) in [7, 11) is -2.01. The molecule has 2 aromatic rings. The van der Waals surface area contributed by atoms with Gasteiger partial charge in [0.2, 0.25) is 10.0 Å². The minimum Gasteiger partial charge on any atom is -0.496 e. The van der Waals surface area contributed by atoms with Crippen molar-refractivity contribution in [3.8, 4) is 5.75 Å².